The van der Waals surface area contributed by atoms with E-state index in [4.69, 9.17) is 4.98 Å². The van der Waals surface area contributed by atoms with Crippen LogP contribution >= 0.6 is 0 Å². The van der Waals surface area contributed by atoms with E-state index in [0.29, 0.717) is 25.6 Å². The molecule has 0 spiro atoms. The number of β-amino-alcohol motifs (C(OH)–C–C–N with tert-alkyl or cyclic N) is 1. The number of amides is 1. The second-order valence-corrected chi connectivity index (χ2v) is 11.0. The molecule has 3 aliphatic heterocycles. The molecule has 0 unspecified atom stereocenters. The summed E-state index contributed by atoms with van der Waals surface area (Å²) in [7, 11) is 0. The second-order valence-electron chi connectivity index (χ2n) is 11.0. The van der Waals surface area contributed by atoms with Crippen LogP contribution in [-0.2, 0) is 25.8 Å². The Morgan fingerprint density at radius 2 is 1.78 bits per heavy atom. The monoisotopic (exact) mass is 490 g/mol. The molecular formula is C30H42N4O2. The number of hydrogen-bond acceptors (Lipinski definition) is 5. The quantitative estimate of drug-likeness (QED) is 0.583. The molecule has 6 nitrogen and oxygen atoms in total. The molecule has 3 aliphatic rings. The molecule has 1 aromatic heterocycles. The lowest BCUT2D eigenvalue weighted by atomic mass is 9.91. The fourth-order valence-electron chi connectivity index (χ4n) is 6.14. The van der Waals surface area contributed by atoms with Crippen LogP contribution in [0, 0.1) is 5.92 Å². The number of pyridine rings is 1. The largest absolute Gasteiger partial charge is 0.390 e. The summed E-state index contributed by atoms with van der Waals surface area (Å²) in [5, 5.41) is 10.8. The standard InChI is InChI=1S/C30H42N4O2/c1-2-3-14-32-15-10-23(11-16-32)19-26-8-9-28-29(31-26)13-18-34(30(28)36)22-27(35)21-33-17-12-24-6-4-5-7-25(24)20-33/h4-9,23,27,35H,2-3,10-22H2,1H3/t27-/m1/s1. The van der Waals surface area contributed by atoms with Gasteiger partial charge in [-0.25, -0.2) is 0 Å². The minimum atomic E-state index is -0.545. The van der Waals surface area contributed by atoms with Gasteiger partial charge in [0.25, 0.3) is 5.91 Å². The maximum Gasteiger partial charge on any atom is 0.255 e. The van der Waals surface area contributed by atoms with Crippen molar-refractivity contribution in [3.05, 3.63) is 64.5 Å². The highest BCUT2D eigenvalue weighted by molar-refractivity contribution is 5.96. The van der Waals surface area contributed by atoms with E-state index >= 15 is 0 Å². The van der Waals surface area contributed by atoms with Crippen molar-refractivity contribution in [2.75, 3.05) is 45.8 Å². The molecule has 1 amide bonds. The number of aromatic nitrogens is 1. The van der Waals surface area contributed by atoms with Crippen molar-refractivity contribution in [2.45, 2.75) is 64.5 Å². The Balaban J connectivity index is 1.11. The van der Waals surface area contributed by atoms with E-state index in [0.717, 1.165) is 49.3 Å². The maximum absolute atomic E-state index is 13.2. The van der Waals surface area contributed by atoms with E-state index in [1.165, 1.54) is 56.4 Å². The lowest BCUT2D eigenvalue weighted by Crippen LogP contribution is -2.46. The number of fused-ring (bicyclic) bond motifs is 2. The Kier molecular flexibility index (Phi) is 8.35. The number of nitrogens with zero attached hydrogens (tertiary/aromatic N) is 4. The molecule has 1 fully saturated rings. The Bertz CT molecular complexity index is 1030. The number of piperidine rings is 1. The normalized spacial score (nSPS) is 20.3. The number of unbranched alkanes of at least 4 members (excludes halogenated alkanes) is 1. The van der Waals surface area contributed by atoms with Gasteiger partial charge in [0, 0.05) is 44.8 Å². The summed E-state index contributed by atoms with van der Waals surface area (Å²) >= 11 is 0. The number of aliphatic hydroxyl groups excluding tert-OH is 1. The molecule has 36 heavy (non-hydrogen) atoms. The van der Waals surface area contributed by atoms with Gasteiger partial charge >= 0.3 is 0 Å². The smallest absolute Gasteiger partial charge is 0.255 e. The van der Waals surface area contributed by atoms with Crippen LogP contribution in [0.25, 0.3) is 0 Å². The molecule has 1 atom stereocenters. The van der Waals surface area contributed by atoms with E-state index in [9.17, 15) is 9.90 Å². The van der Waals surface area contributed by atoms with Crippen molar-refractivity contribution in [3.8, 4) is 0 Å². The third kappa shape index (κ3) is 6.16. The maximum atomic E-state index is 13.2. The van der Waals surface area contributed by atoms with Crippen molar-refractivity contribution >= 4 is 5.91 Å². The van der Waals surface area contributed by atoms with Crippen LogP contribution in [-0.4, -0.2) is 82.6 Å². The van der Waals surface area contributed by atoms with Gasteiger partial charge in [0.1, 0.15) is 0 Å². The molecule has 0 saturated carbocycles. The SMILES string of the molecule is CCCCN1CCC(Cc2ccc3c(n2)CCN(C[C@H](O)CN2CCc4ccccc4C2)C3=O)CC1. The first-order valence-electron chi connectivity index (χ1n) is 14.1. The number of benzene rings is 1. The Hall–Kier alpha value is -2.28. The molecule has 6 heteroatoms. The zero-order valence-corrected chi connectivity index (χ0v) is 21.9. The van der Waals surface area contributed by atoms with Crippen molar-refractivity contribution in [3.63, 3.8) is 0 Å². The molecule has 0 aliphatic carbocycles. The van der Waals surface area contributed by atoms with Crippen LogP contribution in [0.2, 0.25) is 0 Å². The van der Waals surface area contributed by atoms with Crippen LogP contribution in [0.4, 0.5) is 0 Å². The molecule has 0 radical (unpaired) electrons. The van der Waals surface area contributed by atoms with E-state index in [2.05, 4.69) is 47.1 Å². The van der Waals surface area contributed by atoms with Crippen LogP contribution in [0.1, 0.15) is 65.5 Å². The number of carbonyl (C=O) groups is 1. The topological polar surface area (TPSA) is 59.9 Å². The molecule has 2 aromatic rings. The molecule has 194 valence electrons. The molecule has 5 rings (SSSR count). The lowest BCUT2D eigenvalue weighted by molar-refractivity contribution is 0.0491. The van der Waals surface area contributed by atoms with E-state index in [1.807, 2.05) is 11.0 Å². The van der Waals surface area contributed by atoms with Crippen molar-refractivity contribution in [1.29, 1.82) is 0 Å². The summed E-state index contributed by atoms with van der Waals surface area (Å²) in [5.41, 5.74) is 5.56. The predicted octanol–water partition coefficient (Wildman–Crippen LogP) is 3.55. The van der Waals surface area contributed by atoms with Crippen LogP contribution in [0.5, 0.6) is 0 Å². The zero-order valence-electron chi connectivity index (χ0n) is 21.9. The van der Waals surface area contributed by atoms with Crippen LogP contribution in [0.3, 0.4) is 0 Å². The van der Waals surface area contributed by atoms with E-state index in [-0.39, 0.29) is 5.91 Å². The Labute approximate surface area is 216 Å². The Morgan fingerprint density at radius 1 is 0.972 bits per heavy atom. The molecule has 1 aromatic carbocycles. The van der Waals surface area contributed by atoms with Crippen LogP contribution < -0.4 is 0 Å². The third-order valence-electron chi connectivity index (χ3n) is 8.31. The fourth-order valence-corrected chi connectivity index (χ4v) is 6.14. The minimum absolute atomic E-state index is 0.0163. The summed E-state index contributed by atoms with van der Waals surface area (Å²) < 4.78 is 0. The number of aliphatic hydroxyl groups is 1. The fraction of sp³-hybridized carbons (Fsp3) is 0.600. The van der Waals surface area contributed by atoms with E-state index < -0.39 is 6.10 Å². The molecule has 4 heterocycles. The Morgan fingerprint density at radius 3 is 2.58 bits per heavy atom. The van der Waals surface area contributed by atoms with Gasteiger partial charge < -0.3 is 14.9 Å². The molecule has 1 N–H and O–H groups in total. The van der Waals surface area contributed by atoms with Crippen molar-refractivity contribution in [1.82, 2.24) is 19.7 Å². The van der Waals surface area contributed by atoms with Gasteiger partial charge in [-0.05, 0) is 80.9 Å². The first-order valence-corrected chi connectivity index (χ1v) is 14.1. The van der Waals surface area contributed by atoms with Gasteiger partial charge in [0.2, 0.25) is 0 Å². The van der Waals surface area contributed by atoms with E-state index in [1.54, 1.807) is 0 Å². The number of rotatable bonds is 9. The molecular weight excluding hydrogens is 448 g/mol. The summed E-state index contributed by atoms with van der Waals surface area (Å²) in [4.78, 5) is 24.8. The highest BCUT2D eigenvalue weighted by Crippen LogP contribution is 2.24. The molecule has 1 saturated heterocycles. The third-order valence-corrected chi connectivity index (χ3v) is 8.31. The van der Waals surface area contributed by atoms with Gasteiger partial charge in [-0.3, -0.25) is 14.7 Å². The van der Waals surface area contributed by atoms with Gasteiger partial charge in [-0.1, -0.05) is 37.6 Å². The van der Waals surface area contributed by atoms with Gasteiger partial charge in [0.05, 0.1) is 17.4 Å². The summed E-state index contributed by atoms with van der Waals surface area (Å²) in [6, 6.07) is 12.6. The summed E-state index contributed by atoms with van der Waals surface area (Å²) in [6.45, 7) is 9.34. The van der Waals surface area contributed by atoms with Crippen molar-refractivity contribution < 1.29 is 9.90 Å². The van der Waals surface area contributed by atoms with Gasteiger partial charge in [0.15, 0.2) is 0 Å². The number of hydrogen-bond donors (Lipinski definition) is 1. The second kappa shape index (κ2) is 11.8. The van der Waals surface area contributed by atoms with Gasteiger partial charge in [-0.2, -0.15) is 0 Å². The van der Waals surface area contributed by atoms with Crippen molar-refractivity contribution in [2.24, 2.45) is 5.92 Å². The highest BCUT2D eigenvalue weighted by Gasteiger charge is 2.29. The average molecular weight is 491 g/mol. The summed E-state index contributed by atoms with van der Waals surface area (Å²) in [5.74, 6) is 0.712. The number of carbonyl (C=O) groups excluding carboxylic acids is 1. The zero-order chi connectivity index (χ0) is 24.9. The first kappa shape index (κ1) is 25.4. The first-order chi connectivity index (χ1) is 17.6. The highest BCUT2D eigenvalue weighted by atomic mass is 16.3. The van der Waals surface area contributed by atoms with Crippen LogP contribution in [0.15, 0.2) is 36.4 Å². The minimum Gasteiger partial charge on any atom is -0.390 e. The molecule has 0 bridgehead atoms. The summed E-state index contributed by atoms with van der Waals surface area (Å²) in [6.07, 6.45) is 7.32. The lowest BCUT2D eigenvalue weighted by Gasteiger charge is -2.34. The predicted molar refractivity (Wildman–Crippen MR) is 143 cm³/mol. The van der Waals surface area contributed by atoms with Gasteiger partial charge in [-0.15, -0.1) is 0 Å². The number of likely N-dealkylation sites (tertiary alicyclic amines) is 1. The average Bonchev–Trinajstić information content (AvgIpc) is 2.90.